The summed E-state index contributed by atoms with van der Waals surface area (Å²) in [5.41, 5.74) is 6.15. The van der Waals surface area contributed by atoms with E-state index in [2.05, 4.69) is 14.9 Å². The summed E-state index contributed by atoms with van der Waals surface area (Å²) in [7, 11) is 0. The minimum Gasteiger partial charge on any atom is -0.394 e. The number of ether oxygens (including phenoxy) is 1. The quantitative estimate of drug-likeness (QED) is 0.824. The van der Waals surface area contributed by atoms with E-state index >= 15 is 0 Å². The molecule has 22 heavy (non-hydrogen) atoms. The zero-order valence-electron chi connectivity index (χ0n) is 12.2. The van der Waals surface area contributed by atoms with E-state index in [0.717, 1.165) is 0 Å². The Bertz CT molecular complexity index is 766. The number of hydrogen-bond acceptors (Lipinski definition) is 5. The molecule has 0 bridgehead atoms. The average molecular weight is 305 g/mol. The number of fused-ring (bicyclic) bond motifs is 1. The molecule has 0 unspecified atom stereocenters. The summed E-state index contributed by atoms with van der Waals surface area (Å²) in [6.07, 6.45) is -1.61. The van der Waals surface area contributed by atoms with Gasteiger partial charge in [-0.1, -0.05) is 13.8 Å². The molecule has 1 aliphatic rings. The highest BCUT2D eigenvalue weighted by molar-refractivity contribution is 5.83. The molecule has 0 saturated carbocycles. The number of rotatable bonds is 2. The van der Waals surface area contributed by atoms with Gasteiger partial charge in [0.2, 0.25) is 5.69 Å². The van der Waals surface area contributed by atoms with Crippen LogP contribution in [-0.4, -0.2) is 38.6 Å². The van der Waals surface area contributed by atoms with Gasteiger partial charge >= 0.3 is 0 Å². The van der Waals surface area contributed by atoms with Crippen molar-refractivity contribution in [2.24, 2.45) is 5.41 Å². The summed E-state index contributed by atoms with van der Waals surface area (Å²) in [6, 6.07) is 1.59. The van der Waals surface area contributed by atoms with E-state index in [1.54, 1.807) is 19.9 Å². The van der Waals surface area contributed by atoms with Crippen LogP contribution in [-0.2, 0) is 4.74 Å². The number of hydrogen-bond donors (Lipinski definition) is 2. The highest BCUT2D eigenvalue weighted by Crippen LogP contribution is 2.50. The van der Waals surface area contributed by atoms with Crippen LogP contribution < -0.4 is 5.73 Å². The molecule has 0 aliphatic carbocycles. The summed E-state index contributed by atoms with van der Waals surface area (Å²) in [5.74, 6) is 0.179. The van der Waals surface area contributed by atoms with Crippen molar-refractivity contribution in [3.63, 3.8) is 0 Å². The molecule has 1 fully saturated rings. The predicted octanol–water partition coefficient (Wildman–Crippen LogP) is 1.66. The van der Waals surface area contributed by atoms with Gasteiger partial charge < -0.3 is 15.6 Å². The van der Waals surface area contributed by atoms with Crippen molar-refractivity contribution in [1.82, 2.24) is 14.6 Å². The Kier molecular flexibility index (Phi) is 3.27. The lowest BCUT2D eigenvalue weighted by atomic mass is 9.81. The van der Waals surface area contributed by atoms with Gasteiger partial charge in [-0.3, -0.25) is 0 Å². The molecule has 3 rings (SSSR count). The number of aromatic nitrogens is 3. The number of alkyl halides is 1. The standard InChI is InChI=1S/C14H16FN5O2/c1-14(2)11(15)9(5-21)22-12(14)8-4-7(17-3)10-13(16)18-6-19-20(8)10/h4,6,9,11-12,21H,5H2,1-2H3,(H2,16,18,19)/t9-,11-,12+/m1/s1. The van der Waals surface area contributed by atoms with Crippen molar-refractivity contribution in [2.75, 3.05) is 12.3 Å². The largest absolute Gasteiger partial charge is 0.394 e. The number of halogens is 1. The Morgan fingerprint density at radius 1 is 1.59 bits per heavy atom. The van der Waals surface area contributed by atoms with Gasteiger partial charge in [-0.15, -0.1) is 0 Å². The highest BCUT2D eigenvalue weighted by Gasteiger charge is 2.52. The van der Waals surface area contributed by atoms with E-state index in [4.69, 9.17) is 17.0 Å². The second-order valence-electron chi connectivity index (χ2n) is 5.93. The Hall–Kier alpha value is -2.24. The van der Waals surface area contributed by atoms with Crippen LogP contribution in [0, 0.1) is 12.0 Å². The summed E-state index contributed by atoms with van der Waals surface area (Å²) >= 11 is 0. The molecule has 0 amide bonds. The van der Waals surface area contributed by atoms with Gasteiger partial charge in [0.1, 0.15) is 36.0 Å². The van der Waals surface area contributed by atoms with E-state index in [1.165, 1.54) is 10.8 Å². The Morgan fingerprint density at radius 2 is 2.32 bits per heavy atom. The summed E-state index contributed by atoms with van der Waals surface area (Å²) in [6.45, 7) is 10.3. The van der Waals surface area contributed by atoms with Crippen LogP contribution in [0.2, 0.25) is 0 Å². The second kappa shape index (κ2) is 4.90. The normalized spacial score (nSPS) is 27.1. The number of nitrogens with zero attached hydrogens (tertiary/aromatic N) is 4. The maximum absolute atomic E-state index is 14.5. The van der Waals surface area contributed by atoms with Gasteiger partial charge in [-0.2, -0.15) is 5.10 Å². The molecular weight excluding hydrogens is 289 g/mol. The van der Waals surface area contributed by atoms with Crippen molar-refractivity contribution in [3.8, 4) is 0 Å². The second-order valence-corrected chi connectivity index (χ2v) is 5.93. The van der Waals surface area contributed by atoms with Crippen LogP contribution in [0.3, 0.4) is 0 Å². The third kappa shape index (κ3) is 1.86. The number of nitrogens with two attached hydrogens (primary N) is 1. The first kappa shape index (κ1) is 14.7. The lowest BCUT2D eigenvalue weighted by Gasteiger charge is -2.26. The van der Waals surface area contributed by atoms with E-state index in [1.807, 2.05) is 0 Å². The van der Waals surface area contributed by atoms with Crippen LogP contribution in [0.15, 0.2) is 12.4 Å². The predicted molar refractivity (Wildman–Crippen MR) is 77.0 cm³/mol. The molecule has 2 aromatic rings. The van der Waals surface area contributed by atoms with Gasteiger partial charge in [0.25, 0.3) is 0 Å². The SMILES string of the molecule is [C-]#[N+]c1cc([C@@H]2O[C@H](CO)[C@@H](F)C2(C)C)n2ncnc(N)c12. The molecule has 7 nitrogen and oxygen atoms in total. The topological polar surface area (TPSA) is 90.0 Å². The van der Waals surface area contributed by atoms with Crippen LogP contribution in [0.5, 0.6) is 0 Å². The Labute approximate surface area is 126 Å². The smallest absolute Gasteiger partial charge is 0.217 e. The molecule has 3 N–H and O–H groups in total. The summed E-state index contributed by atoms with van der Waals surface area (Å²) in [4.78, 5) is 7.31. The summed E-state index contributed by atoms with van der Waals surface area (Å²) in [5, 5.41) is 13.4. The zero-order valence-corrected chi connectivity index (χ0v) is 12.2. The number of anilines is 1. The Balaban J connectivity index is 2.20. The maximum atomic E-state index is 14.5. The minimum absolute atomic E-state index is 0.179. The van der Waals surface area contributed by atoms with Gasteiger partial charge in [-0.05, 0) is 6.07 Å². The maximum Gasteiger partial charge on any atom is 0.217 e. The van der Waals surface area contributed by atoms with E-state index < -0.39 is 30.4 Å². The molecule has 1 saturated heterocycles. The highest BCUT2D eigenvalue weighted by atomic mass is 19.1. The molecule has 0 spiro atoms. The van der Waals surface area contributed by atoms with Crippen LogP contribution >= 0.6 is 0 Å². The van der Waals surface area contributed by atoms with E-state index in [-0.39, 0.29) is 11.5 Å². The van der Waals surface area contributed by atoms with Crippen molar-refractivity contribution >= 4 is 17.0 Å². The Morgan fingerprint density at radius 3 is 2.91 bits per heavy atom. The molecule has 0 aromatic carbocycles. The average Bonchev–Trinajstić information content (AvgIpc) is 2.97. The monoisotopic (exact) mass is 305 g/mol. The zero-order chi connectivity index (χ0) is 16.1. The molecule has 116 valence electrons. The first-order chi connectivity index (χ1) is 10.4. The molecule has 2 aromatic heterocycles. The molecule has 3 atom stereocenters. The molecule has 1 aliphatic heterocycles. The van der Waals surface area contributed by atoms with Crippen LogP contribution in [0.4, 0.5) is 15.9 Å². The van der Waals surface area contributed by atoms with Gasteiger partial charge in [0.05, 0.1) is 18.9 Å². The fourth-order valence-corrected chi connectivity index (χ4v) is 2.97. The van der Waals surface area contributed by atoms with Crippen molar-refractivity contribution in [3.05, 3.63) is 29.5 Å². The number of aliphatic hydroxyl groups excluding tert-OH is 1. The summed E-state index contributed by atoms with van der Waals surface area (Å²) < 4.78 is 21.6. The molecule has 0 radical (unpaired) electrons. The molecule has 3 heterocycles. The van der Waals surface area contributed by atoms with Crippen molar-refractivity contribution < 1.29 is 14.2 Å². The molecular formula is C14H16FN5O2. The van der Waals surface area contributed by atoms with Gasteiger partial charge in [0, 0.05) is 5.41 Å². The van der Waals surface area contributed by atoms with Gasteiger partial charge in [-0.25, -0.2) is 18.7 Å². The lowest BCUT2D eigenvalue weighted by molar-refractivity contribution is -0.0142. The first-order valence-electron chi connectivity index (χ1n) is 6.81. The third-order valence-corrected chi connectivity index (χ3v) is 4.18. The van der Waals surface area contributed by atoms with Gasteiger partial charge in [0.15, 0.2) is 0 Å². The number of nitrogen functional groups attached to an aromatic ring is 1. The molecule has 8 heteroatoms. The fraction of sp³-hybridized carbons (Fsp3) is 0.500. The van der Waals surface area contributed by atoms with E-state index in [0.29, 0.717) is 11.2 Å². The minimum atomic E-state index is -1.33. The first-order valence-corrected chi connectivity index (χ1v) is 6.81. The third-order valence-electron chi connectivity index (χ3n) is 4.18. The van der Waals surface area contributed by atoms with Crippen molar-refractivity contribution in [1.29, 1.82) is 0 Å². The number of aliphatic hydroxyl groups is 1. The van der Waals surface area contributed by atoms with Crippen LogP contribution in [0.25, 0.3) is 10.4 Å². The fourth-order valence-electron chi connectivity index (χ4n) is 2.97. The van der Waals surface area contributed by atoms with E-state index in [9.17, 15) is 9.50 Å². The lowest BCUT2D eigenvalue weighted by Crippen LogP contribution is -2.31. The van der Waals surface area contributed by atoms with Crippen LogP contribution in [0.1, 0.15) is 25.6 Å². The van der Waals surface area contributed by atoms with Crippen molar-refractivity contribution in [2.45, 2.75) is 32.2 Å².